The molecule has 4 N–H and O–H groups in total. The lowest BCUT2D eigenvalue weighted by molar-refractivity contribution is 1.19. The molecule has 3 heteroatoms. The second-order valence-electron chi connectivity index (χ2n) is 2.52. The lowest BCUT2D eigenvalue weighted by Gasteiger charge is -2.08. The molecule has 0 saturated carbocycles. The molecule has 0 unspecified atom stereocenters. The van der Waals surface area contributed by atoms with Gasteiger partial charge in [-0.05, 0) is 32.6 Å². The first-order valence-electron chi connectivity index (χ1n) is 3.44. The van der Waals surface area contributed by atoms with Crippen LogP contribution in [0.25, 0.3) is 0 Å². The normalized spacial score (nSPS) is 15.6. The predicted octanol–water partition coefficient (Wildman–Crippen LogP) is 1.79. The molecule has 0 amide bonds. The standard InChI is InChI=1S/C8H16N2S/c1-5(6(2)9)8(11-4)7(3)10/h9-10H2,1-4H3/b6-5+,8-7-. The molecule has 0 aromatic rings. The molecule has 2 nitrogen and oxygen atoms in total. The fourth-order valence-corrected chi connectivity index (χ4v) is 1.58. The van der Waals surface area contributed by atoms with Gasteiger partial charge in [-0.2, -0.15) is 0 Å². The van der Waals surface area contributed by atoms with Crippen molar-refractivity contribution in [1.29, 1.82) is 0 Å². The summed E-state index contributed by atoms with van der Waals surface area (Å²) in [5, 5.41) is 0. The Kier molecular flexibility index (Phi) is 4.11. The zero-order valence-electron chi connectivity index (χ0n) is 7.56. The maximum atomic E-state index is 5.65. The lowest BCUT2D eigenvalue weighted by atomic mass is 10.2. The molecular weight excluding hydrogens is 156 g/mol. The largest absolute Gasteiger partial charge is 0.402 e. The summed E-state index contributed by atoms with van der Waals surface area (Å²) < 4.78 is 0. The second-order valence-corrected chi connectivity index (χ2v) is 3.34. The number of allylic oxidation sites excluding steroid dienone is 3. The first-order valence-corrected chi connectivity index (χ1v) is 4.66. The Labute approximate surface area is 72.7 Å². The van der Waals surface area contributed by atoms with Gasteiger partial charge in [0.15, 0.2) is 0 Å². The topological polar surface area (TPSA) is 52.0 Å². The molecule has 0 saturated heterocycles. The lowest BCUT2D eigenvalue weighted by Crippen LogP contribution is -2.02. The van der Waals surface area contributed by atoms with Crippen LogP contribution in [0.4, 0.5) is 0 Å². The minimum Gasteiger partial charge on any atom is -0.402 e. The highest BCUT2D eigenvalue weighted by molar-refractivity contribution is 8.02. The van der Waals surface area contributed by atoms with E-state index in [1.807, 2.05) is 27.0 Å². The highest BCUT2D eigenvalue weighted by atomic mass is 32.2. The van der Waals surface area contributed by atoms with Crippen LogP contribution in [0.3, 0.4) is 0 Å². The third-order valence-electron chi connectivity index (χ3n) is 1.49. The fourth-order valence-electron chi connectivity index (χ4n) is 0.789. The van der Waals surface area contributed by atoms with E-state index in [0.717, 1.165) is 21.9 Å². The Morgan fingerprint density at radius 1 is 1.00 bits per heavy atom. The third-order valence-corrected chi connectivity index (χ3v) is 2.53. The van der Waals surface area contributed by atoms with E-state index in [1.165, 1.54) is 0 Å². The summed E-state index contributed by atoms with van der Waals surface area (Å²) in [5.74, 6) is 0. The average Bonchev–Trinajstić information content (AvgIpc) is 1.88. The summed E-state index contributed by atoms with van der Waals surface area (Å²) in [6, 6.07) is 0. The Morgan fingerprint density at radius 3 is 1.55 bits per heavy atom. The van der Waals surface area contributed by atoms with Gasteiger partial charge in [0.05, 0.1) is 0 Å². The highest BCUT2D eigenvalue weighted by Gasteiger charge is 2.02. The number of thioether (sulfide) groups is 1. The van der Waals surface area contributed by atoms with Crippen LogP contribution in [0.2, 0.25) is 0 Å². The average molecular weight is 172 g/mol. The summed E-state index contributed by atoms with van der Waals surface area (Å²) in [6.45, 7) is 5.75. The van der Waals surface area contributed by atoms with Crippen molar-refractivity contribution in [2.45, 2.75) is 20.8 Å². The van der Waals surface area contributed by atoms with Gasteiger partial charge in [0.25, 0.3) is 0 Å². The van der Waals surface area contributed by atoms with Crippen molar-refractivity contribution in [2.75, 3.05) is 6.26 Å². The summed E-state index contributed by atoms with van der Waals surface area (Å²) in [7, 11) is 0. The van der Waals surface area contributed by atoms with E-state index in [1.54, 1.807) is 11.8 Å². The van der Waals surface area contributed by atoms with Gasteiger partial charge in [0, 0.05) is 16.3 Å². The second kappa shape index (κ2) is 4.34. The van der Waals surface area contributed by atoms with Crippen LogP contribution in [0.15, 0.2) is 21.9 Å². The van der Waals surface area contributed by atoms with Gasteiger partial charge in [0.2, 0.25) is 0 Å². The van der Waals surface area contributed by atoms with Crippen LogP contribution in [0.5, 0.6) is 0 Å². The van der Waals surface area contributed by atoms with E-state index in [-0.39, 0.29) is 0 Å². The molecule has 0 radical (unpaired) electrons. The minimum absolute atomic E-state index is 0.833. The predicted molar refractivity (Wildman–Crippen MR) is 53.0 cm³/mol. The van der Waals surface area contributed by atoms with Crippen LogP contribution in [-0.2, 0) is 0 Å². The van der Waals surface area contributed by atoms with Crippen LogP contribution >= 0.6 is 11.8 Å². The summed E-state index contributed by atoms with van der Waals surface area (Å²) in [6.07, 6.45) is 2.00. The van der Waals surface area contributed by atoms with Crippen molar-refractivity contribution in [3.8, 4) is 0 Å². The van der Waals surface area contributed by atoms with Crippen molar-refractivity contribution in [2.24, 2.45) is 11.5 Å². The van der Waals surface area contributed by atoms with E-state index in [0.29, 0.717) is 0 Å². The quantitative estimate of drug-likeness (QED) is 0.624. The monoisotopic (exact) mass is 172 g/mol. The van der Waals surface area contributed by atoms with Crippen molar-refractivity contribution >= 4 is 11.8 Å². The Hall–Kier alpha value is -0.570. The van der Waals surface area contributed by atoms with Gasteiger partial charge >= 0.3 is 0 Å². The minimum atomic E-state index is 0.833. The molecule has 11 heavy (non-hydrogen) atoms. The molecule has 0 fully saturated rings. The first-order chi connectivity index (χ1) is 5.00. The van der Waals surface area contributed by atoms with Gasteiger partial charge < -0.3 is 11.5 Å². The van der Waals surface area contributed by atoms with Crippen LogP contribution in [0, 0.1) is 0 Å². The maximum absolute atomic E-state index is 5.65. The smallest absolute Gasteiger partial charge is 0.0300 e. The summed E-state index contributed by atoms with van der Waals surface area (Å²) >= 11 is 1.63. The van der Waals surface area contributed by atoms with Crippen LogP contribution in [-0.4, -0.2) is 6.26 Å². The zero-order chi connectivity index (χ0) is 9.02. The van der Waals surface area contributed by atoms with Gasteiger partial charge in [-0.25, -0.2) is 0 Å². The van der Waals surface area contributed by atoms with Gasteiger partial charge in [0.1, 0.15) is 0 Å². The molecule has 0 bridgehead atoms. The van der Waals surface area contributed by atoms with Crippen molar-refractivity contribution < 1.29 is 0 Å². The zero-order valence-corrected chi connectivity index (χ0v) is 8.38. The molecule has 0 aromatic heterocycles. The maximum Gasteiger partial charge on any atom is 0.0300 e. The van der Waals surface area contributed by atoms with E-state index >= 15 is 0 Å². The van der Waals surface area contributed by atoms with Crippen molar-refractivity contribution in [1.82, 2.24) is 0 Å². The van der Waals surface area contributed by atoms with Crippen LogP contribution < -0.4 is 11.5 Å². The molecule has 0 spiro atoms. The van der Waals surface area contributed by atoms with E-state index in [2.05, 4.69) is 0 Å². The van der Waals surface area contributed by atoms with Crippen molar-refractivity contribution in [3.05, 3.63) is 21.9 Å². The summed E-state index contributed by atoms with van der Waals surface area (Å²) in [5.41, 5.74) is 14.0. The molecule has 0 heterocycles. The highest BCUT2D eigenvalue weighted by Crippen LogP contribution is 2.23. The SMILES string of the molecule is CSC(=C(/C)N)/C(C)=C(\C)N. The number of nitrogens with two attached hydrogens (primary N) is 2. The molecule has 0 aliphatic rings. The van der Waals surface area contributed by atoms with E-state index in [9.17, 15) is 0 Å². The first kappa shape index (κ1) is 10.4. The molecule has 0 aliphatic carbocycles. The summed E-state index contributed by atoms with van der Waals surface area (Å²) in [4.78, 5) is 1.09. The third kappa shape index (κ3) is 2.89. The Balaban J connectivity index is 4.84. The molecule has 0 rings (SSSR count). The van der Waals surface area contributed by atoms with E-state index in [4.69, 9.17) is 11.5 Å². The molecule has 0 aromatic carbocycles. The van der Waals surface area contributed by atoms with Crippen LogP contribution in [0.1, 0.15) is 20.8 Å². The van der Waals surface area contributed by atoms with E-state index < -0.39 is 0 Å². The molecule has 0 aliphatic heterocycles. The van der Waals surface area contributed by atoms with Gasteiger partial charge in [-0.1, -0.05) is 0 Å². The molecule has 0 atom stereocenters. The van der Waals surface area contributed by atoms with Gasteiger partial charge in [-0.15, -0.1) is 11.8 Å². The molecule has 64 valence electrons. The number of rotatable bonds is 2. The number of hydrogen-bond donors (Lipinski definition) is 2. The fraction of sp³-hybridized carbons (Fsp3) is 0.500. The Bertz CT molecular complexity index is 196. The number of hydrogen-bond acceptors (Lipinski definition) is 3. The molecular formula is C8H16N2S. The van der Waals surface area contributed by atoms with Gasteiger partial charge in [-0.3, -0.25) is 0 Å². The van der Waals surface area contributed by atoms with Crippen molar-refractivity contribution in [3.63, 3.8) is 0 Å². The Morgan fingerprint density at radius 2 is 1.45 bits per heavy atom.